The van der Waals surface area contributed by atoms with Gasteiger partial charge in [-0.1, -0.05) is 36.4 Å². The maximum atomic E-state index is 12.1. The van der Waals surface area contributed by atoms with Gasteiger partial charge in [-0.05, 0) is 48.5 Å². The smallest absolute Gasteiger partial charge is 0.334 e. The van der Waals surface area contributed by atoms with Gasteiger partial charge in [-0.3, -0.25) is 0 Å². The Morgan fingerprint density at radius 3 is 2.92 bits per heavy atom. The largest absolute Gasteiger partial charge is 0.458 e. The molecule has 5 nitrogen and oxygen atoms in total. The van der Waals surface area contributed by atoms with Gasteiger partial charge in [0.2, 0.25) is 0 Å². The molecule has 0 amide bonds. The highest BCUT2D eigenvalue weighted by Crippen LogP contribution is 2.89. The first-order valence-electron chi connectivity index (χ1n) is 9.91. The average molecular weight is 470 g/mol. The number of alkyl halides is 1. The van der Waals surface area contributed by atoms with Crippen LogP contribution in [0.15, 0.2) is 11.1 Å². The zero-order valence-electron chi connectivity index (χ0n) is 15.0. The van der Waals surface area contributed by atoms with Gasteiger partial charge in [-0.25, -0.2) is 4.79 Å². The second-order valence-electron chi connectivity index (χ2n) is 9.88. The lowest BCUT2D eigenvalue weighted by atomic mass is 9.46. The van der Waals surface area contributed by atoms with Gasteiger partial charge >= 0.3 is 5.97 Å². The summed E-state index contributed by atoms with van der Waals surface area (Å²) < 4.78 is 18.4. The Morgan fingerprint density at radius 1 is 1.35 bits per heavy atom. The van der Waals surface area contributed by atoms with E-state index in [2.05, 4.69) is 36.4 Å². The molecule has 3 aliphatic heterocycles. The number of cyclic esters (lactones) is 1. The number of hydrogen-bond donors (Lipinski definition) is 1. The summed E-state index contributed by atoms with van der Waals surface area (Å²) in [6.07, 6.45) is 3.55. The van der Waals surface area contributed by atoms with Crippen molar-refractivity contribution in [3.8, 4) is 0 Å². The predicted octanol–water partition coefficient (Wildman–Crippen LogP) is 2.14. The lowest BCUT2D eigenvalue weighted by molar-refractivity contribution is -0.136. The molecule has 6 heteroatoms. The maximum Gasteiger partial charge on any atom is 0.334 e. The first kappa shape index (κ1) is 15.7. The molecule has 7 rings (SSSR count). The summed E-state index contributed by atoms with van der Waals surface area (Å²) in [6, 6.07) is 0. The van der Waals surface area contributed by atoms with Gasteiger partial charge < -0.3 is 19.3 Å². The fraction of sp³-hybridized carbons (Fsp3) is 0.850. The molecule has 0 aromatic heterocycles. The highest BCUT2D eigenvalue weighted by atomic mass is 127. The van der Waals surface area contributed by atoms with E-state index in [1.807, 2.05) is 0 Å². The summed E-state index contributed by atoms with van der Waals surface area (Å²) in [5.74, 6) is 0.729. The number of carbonyl (C=O) groups is 1. The lowest BCUT2D eigenvalue weighted by Gasteiger charge is -2.56. The summed E-state index contributed by atoms with van der Waals surface area (Å²) in [5.41, 5.74) is 1.41. The van der Waals surface area contributed by atoms with Crippen LogP contribution in [0.2, 0.25) is 0 Å². The van der Waals surface area contributed by atoms with Crippen molar-refractivity contribution in [1.82, 2.24) is 0 Å². The molecule has 2 spiro atoms. The Hall–Kier alpha value is -0.180. The van der Waals surface area contributed by atoms with E-state index in [9.17, 15) is 9.90 Å². The molecule has 10 atom stereocenters. The third kappa shape index (κ3) is 1.24. The number of rotatable bonds is 1. The molecule has 5 fully saturated rings. The second kappa shape index (κ2) is 4.07. The van der Waals surface area contributed by atoms with Crippen LogP contribution in [-0.2, 0) is 19.0 Å². The summed E-state index contributed by atoms with van der Waals surface area (Å²) in [4.78, 5) is 12.1. The molecule has 0 aromatic carbocycles. The Bertz CT molecular complexity index is 823. The maximum absolute atomic E-state index is 12.1. The van der Waals surface area contributed by atoms with Crippen LogP contribution in [0, 0.1) is 22.7 Å². The topological polar surface area (TPSA) is 71.6 Å². The van der Waals surface area contributed by atoms with Crippen LogP contribution in [0.25, 0.3) is 0 Å². The normalized spacial score (nSPS) is 64.2. The Morgan fingerprint density at radius 2 is 2.15 bits per heavy atom. The van der Waals surface area contributed by atoms with Crippen LogP contribution in [0.1, 0.15) is 39.5 Å². The van der Waals surface area contributed by atoms with Gasteiger partial charge in [0.15, 0.2) is 0 Å². The molecule has 0 bridgehead atoms. The van der Waals surface area contributed by atoms with Crippen molar-refractivity contribution >= 4 is 28.6 Å². The van der Waals surface area contributed by atoms with E-state index in [0.29, 0.717) is 18.4 Å². The van der Waals surface area contributed by atoms with Crippen molar-refractivity contribution < 1.29 is 24.1 Å². The molecule has 4 aliphatic carbocycles. The Balaban J connectivity index is 1.39. The standard InChI is InChI=1S/C20H23IO5/c1-8(21)19-14(26-19)12-6-18(12)17(2)4-3-9-10(7-24-15(9)22)11(17)5-13-20(18,25-13)16(19)23/h8,11-14,16,23H,3-7H2,1-2H3/t8?,11-,12-,13?,14-,16+,17-,18-,19-,20+/m0/s1. The number of carbonyl (C=O) groups excluding carboxylic acids is 1. The van der Waals surface area contributed by atoms with Gasteiger partial charge in [0.05, 0.1) is 12.2 Å². The fourth-order valence-corrected chi connectivity index (χ4v) is 9.14. The minimum atomic E-state index is -0.537. The van der Waals surface area contributed by atoms with E-state index in [-0.39, 0.29) is 32.9 Å². The number of hydrogen-bond acceptors (Lipinski definition) is 5. The number of halogens is 1. The van der Waals surface area contributed by atoms with Crippen molar-refractivity contribution in [3.05, 3.63) is 11.1 Å². The summed E-state index contributed by atoms with van der Waals surface area (Å²) >= 11 is 2.41. The van der Waals surface area contributed by atoms with Gasteiger partial charge in [0.1, 0.15) is 23.9 Å². The van der Waals surface area contributed by atoms with Gasteiger partial charge in [0, 0.05) is 14.9 Å². The molecule has 0 radical (unpaired) electrons. The molecule has 3 saturated carbocycles. The van der Waals surface area contributed by atoms with Crippen LogP contribution in [0.5, 0.6) is 0 Å². The van der Waals surface area contributed by atoms with E-state index in [1.165, 1.54) is 5.57 Å². The van der Waals surface area contributed by atoms with Crippen molar-refractivity contribution in [2.24, 2.45) is 22.7 Å². The highest BCUT2D eigenvalue weighted by Gasteiger charge is 2.98. The predicted molar refractivity (Wildman–Crippen MR) is 98.7 cm³/mol. The molecule has 7 aliphatic rings. The quantitative estimate of drug-likeness (QED) is 0.275. The van der Waals surface area contributed by atoms with E-state index >= 15 is 0 Å². The van der Waals surface area contributed by atoms with E-state index in [0.717, 1.165) is 31.3 Å². The lowest BCUT2D eigenvalue weighted by Crippen LogP contribution is -2.65. The first-order chi connectivity index (χ1) is 12.3. The molecular formula is C20H23IO5. The van der Waals surface area contributed by atoms with E-state index in [1.54, 1.807) is 0 Å². The van der Waals surface area contributed by atoms with Crippen molar-refractivity contribution in [2.45, 2.75) is 73.0 Å². The van der Waals surface area contributed by atoms with E-state index in [4.69, 9.17) is 14.2 Å². The zero-order valence-corrected chi connectivity index (χ0v) is 17.1. The molecule has 3 heterocycles. The van der Waals surface area contributed by atoms with Crippen LogP contribution in [0.3, 0.4) is 0 Å². The molecule has 26 heavy (non-hydrogen) atoms. The van der Waals surface area contributed by atoms with Crippen LogP contribution in [-0.4, -0.2) is 51.1 Å². The number of epoxide rings is 2. The van der Waals surface area contributed by atoms with Crippen molar-refractivity contribution in [3.63, 3.8) is 0 Å². The fourth-order valence-electron chi connectivity index (χ4n) is 8.30. The van der Waals surface area contributed by atoms with Crippen molar-refractivity contribution in [1.29, 1.82) is 0 Å². The van der Waals surface area contributed by atoms with Crippen molar-refractivity contribution in [2.75, 3.05) is 6.61 Å². The van der Waals surface area contributed by atoms with Gasteiger partial charge in [-0.2, -0.15) is 0 Å². The monoisotopic (exact) mass is 470 g/mol. The number of aliphatic hydroxyl groups excluding tert-OH is 1. The minimum absolute atomic E-state index is 0.00731. The summed E-state index contributed by atoms with van der Waals surface area (Å²) in [6.45, 7) is 5.02. The highest BCUT2D eigenvalue weighted by molar-refractivity contribution is 14.1. The summed E-state index contributed by atoms with van der Waals surface area (Å²) in [5, 5.41) is 11.5. The number of aliphatic hydroxyl groups is 1. The van der Waals surface area contributed by atoms with Crippen LogP contribution < -0.4 is 0 Å². The first-order valence-corrected chi connectivity index (χ1v) is 11.2. The van der Waals surface area contributed by atoms with Gasteiger partial charge in [-0.15, -0.1) is 0 Å². The third-order valence-electron chi connectivity index (χ3n) is 9.56. The third-order valence-corrected chi connectivity index (χ3v) is 10.5. The molecule has 1 N–H and O–H groups in total. The zero-order chi connectivity index (χ0) is 17.9. The second-order valence-corrected chi connectivity index (χ2v) is 11.7. The molecule has 0 aromatic rings. The molecule has 140 valence electrons. The van der Waals surface area contributed by atoms with E-state index < -0.39 is 17.3 Å². The number of fused-ring (bicyclic) bond motifs is 4. The van der Waals surface area contributed by atoms with Gasteiger partial charge in [0.25, 0.3) is 0 Å². The SMILES string of the molecule is CC(I)[C@]12O[C@H]1[C@@H]1C[C@@]13[C@@]1(C)CCC4=C(COC4=O)[C@@H]1CC1O[C@@]13[C@@H]2O. The average Bonchev–Trinajstić information content (AvgIpc) is 3.47. The van der Waals surface area contributed by atoms with Crippen LogP contribution >= 0.6 is 22.6 Å². The Kier molecular flexibility index (Phi) is 2.46. The van der Waals surface area contributed by atoms with Crippen LogP contribution in [0.4, 0.5) is 0 Å². The molecule has 2 saturated heterocycles. The number of esters is 1. The summed E-state index contributed by atoms with van der Waals surface area (Å²) in [7, 11) is 0. The minimum Gasteiger partial charge on any atom is -0.458 e. The molecule has 2 unspecified atom stereocenters. The Labute approximate surface area is 166 Å². The molecular weight excluding hydrogens is 447 g/mol. The number of ether oxygens (including phenoxy) is 3.